The van der Waals surface area contributed by atoms with Gasteiger partial charge in [0.1, 0.15) is 17.6 Å². The number of carbonyl (C=O) groups excluding carboxylic acids is 4. The molecule has 0 radical (unpaired) electrons. The summed E-state index contributed by atoms with van der Waals surface area (Å²) in [5, 5.41) is 10.9. The van der Waals surface area contributed by atoms with E-state index >= 15 is 0 Å². The Balaban J connectivity index is 2.51. The number of cyclic esters (lactones) is 1. The van der Waals surface area contributed by atoms with Crippen LogP contribution in [0.2, 0.25) is 0 Å². The molecule has 0 aliphatic carbocycles. The zero-order valence-electron chi connectivity index (χ0n) is 25.7. The van der Waals surface area contributed by atoms with Crippen LogP contribution in [0.15, 0.2) is 12.2 Å². The number of Topliss-reactive ketones (excluding diaryl/α,β-unsaturated/α-hetero) is 1. The van der Waals surface area contributed by atoms with Crippen LogP contribution in [0, 0.1) is 23.7 Å². The van der Waals surface area contributed by atoms with Gasteiger partial charge in [0.15, 0.2) is 24.0 Å². The van der Waals surface area contributed by atoms with E-state index in [0.717, 1.165) is 0 Å². The largest absolute Gasteiger partial charge is 0.458 e. The van der Waals surface area contributed by atoms with Crippen LogP contribution in [0.25, 0.3) is 0 Å². The molecule has 10 heteroatoms. The fourth-order valence-corrected chi connectivity index (χ4v) is 5.72. The summed E-state index contributed by atoms with van der Waals surface area (Å²) in [6.45, 7) is 13.3. The van der Waals surface area contributed by atoms with E-state index in [1.54, 1.807) is 20.8 Å². The first-order valence-electron chi connectivity index (χ1n) is 14.3. The van der Waals surface area contributed by atoms with Crippen LogP contribution in [0.5, 0.6) is 0 Å². The first-order chi connectivity index (χ1) is 18.5. The average Bonchev–Trinajstić information content (AvgIpc) is 2.87. The Hall–Kier alpha value is -2.14. The minimum absolute atomic E-state index is 0.184. The quantitative estimate of drug-likeness (QED) is 0.391. The van der Waals surface area contributed by atoms with Crippen LogP contribution in [-0.2, 0) is 38.1 Å². The van der Waals surface area contributed by atoms with E-state index in [2.05, 4.69) is 0 Å². The Kier molecular flexibility index (Phi) is 12.1. The van der Waals surface area contributed by atoms with Gasteiger partial charge in [0.05, 0.1) is 18.2 Å². The summed E-state index contributed by atoms with van der Waals surface area (Å²) in [5.41, 5.74) is -1.58. The SMILES string of the molecule is CC[C@H]1OC(=O)[C@H](C)C(=O)[C@H](C)[C@@H](O[C@@H]2O[C@H](C)C[C@H](N(C)C)[C@H]2OC(C)=O)[C@@H](C)C[C@@H](C)C(=O)/C=C/[C@]1(C)O. The van der Waals surface area contributed by atoms with Gasteiger partial charge in [0, 0.05) is 18.8 Å². The van der Waals surface area contributed by atoms with Crippen molar-refractivity contribution < 1.29 is 43.2 Å². The third-order valence-corrected chi connectivity index (χ3v) is 8.20. The Morgan fingerprint density at radius 3 is 2.27 bits per heavy atom. The predicted octanol–water partition coefficient (Wildman–Crippen LogP) is 3.08. The molecule has 1 saturated heterocycles. The van der Waals surface area contributed by atoms with Gasteiger partial charge in [-0.3, -0.25) is 19.2 Å². The highest BCUT2D eigenvalue weighted by Crippen LogP contribution is 2.33. The lowest BCUT2D eigenvalue weighted by atomic mass is 9.80. The minimum Gasteiger partial charge on any atom is -0.458 e. The lowest BCUT2D eigenvalue weighted by molar-refractivity contribution is -0.282. The predicted molar refractivity (Wildman–Crippen MR) is 148 cm³/mol. The molecule has 2 aliphatic heterocycles. The molecule has 40 heavy (non-hydrogen) atoms. The molecule has 0 saturated carbocycles. The van der Waals surface area contributed by atoms with Crippen LogP contribution >= 0.6 is 0 Å². The third-order valence-electron chi connectivity index (χ3n) is 8.20. The fourth-order valence-electron chi connectivity index (χ4n) is 5.72. The van der Waals surface area contributed by atoms with Crippen molar-refractivity contribution in [3.8, 4) is 0 Å². The Morgan fingerprint density at radius 2 is 1.73 bits per heavy atom. The number of hydrogen-bond acceptors (Lipinski definition) is 10. The molecule has 228 valence electrons. The second kappa shape index (κ2) is 14.2. The van der Waals surface area contributed by atoms with E-state index < -0.39 is 59.9 Å². The normalized spacial score (nSPS) is 41.2. The molecule has 0 aromatic heterocycles. The second-order valence-electron chi connectivity index (χ2n) is 12.1. The van der Waals surface area contributed by atoms with Crippen molar-refractivity contribution in [2.24, 2.45) is 23.7 Å². The van der Waals surface area contributed by atoms with Gasteiger partial charge in [-0.1, -0.05) is 27.7 Å². The molecule has 0 amide bonds. The van der Waals surface area contributed by atoms with Gasteiger partial charge in [0.2, 0.25) is 0 Å². The van der Waals surface area contributed by atoms with Gasteiger partial charge < -0.3 is 29.0 Å². The van der Waals surface area contributed by atoms with Crippen molar-refractivity contribution in [3.63, 3.8) is 0 Å². The van der Waals surface area contributed by atoms with E-state index in [0.29, 0.717) is 12.8 Å². The van der Waals surface area contributed by atoms with Crippen molar-refractivity contribution >= 4 is 23.5 Å². The maximum atomic E-state index is 13.7. The molecule has 0 aromatic rings. The molecule has 2 rings (SSSR count). The number of esters is 2. The first-order valence-corrected chi connectivity index (χ1v) is 14.3. The number of likely N-dealkylation sites (N-methyl/N-ethyl adjacent to an activating group) is 1. The molecule has 1 N–H and O–H groups in total. The van der Waals surface area contributed by atoms with Crippen molar-refractivity contribution in [1.29, 1.82) is 0 Å². The molecule has 0 bridgehead atoms. The number of carbonyl (C=O) groups is 4. The van der Waals surface area contributed by atoms with Crippen LogP contribution < -0.4 is 0 Å². The molecule has 1 fully saturated rings. The summed E-state index contributed by atoms with van der Waals surface area (Å²) in [7, 11) is 3.78. The topological polar surface area (TPSA) is 129 Å². The fraction of sp³-hybridized carbons (Fsp3) is 0.800. The maximum Gasteiger partial charge on any atom is 0.316 e. The number of rotatable bonds is 5. The minimum atomic E-state index is -1.58. The summed E-state index contributed by atoms with van der Waals surface area (Å²) in [6, 6.07) is -0.184. The Morgan fingerprint density at radius 1 is 1.10 bits per heavy atom. The van der Waals surface area contributed by atoms with E-state index in [-0.39, 0.29) is 36.1 Å². The molecule has 0 unspecified atom stereocenters. The highest BCUT2D eigenvalue weighted by atomic mass is 16.7. The molecule has 10 nitrogen and oxygen atoms in total. The lowest BCUT2D eigenvalue weighted by Gasteiger charge is -2.45. The second-order valence-corrected chi connectivity index (χ2v) is 12.1. The number of aliphatic hydroxyl groups is 1. The number of ketones is 2. The summed E-state index contributed by atoms with van der Waals surface area (Å²) in [6.07, 6.45) is 0.347. The van der Waals surface area contributed by atoms with Gasteiger partial charge in [-0.2, -0.15) is 0 Å². The zero-order valence-corrected chi connectivity index (χ0v) is 25.7. The van der Waals surface area contributed by atoms with Crippen LogP contribution in [0.4, 0.5) is 0 Å². The zero-order chi connectivity index (χ0) is 30.5. The van der Waals surface area contributed by atoms with Gasteiger partial charge in [-0.25, -0.2) is 0 Å². The molecule has 0 spiro atoms. The van der Waals surface area contributed by atoms with Crippen LogP contribution in [-0.4, -0.2) is 90.0 Å². The van der Waals surface area contributed by atoms with E-state index in [9.17, 15) is 24.3 Å². The highest BCUT2D eigenvalue weighted by Gasteiger charge is 2.46. The molecular formula is C30H49NO9. The summed E-state index contributed by atoms with van der Waals surface area (Å²) < 4.78 is 23.9. The first kappa shape index (κ1) is 34.1. The Bertz CT molecular complexity index is 945. The number of nitrogens with zero attached hydrogens (tertiary/aromatic N) is 1. The van der Waals surface area contributed by atoms with Crippen molar-refractivity contribution in [2.75, 3.05) is 14.1 Å². The summed E-state index contributed by atoms with van der Waals surface area (Å²) >= 11 is 0. The standard InChI is InChI=1S/C30H49NO9/c1-11-24-30(8,36)13-12-23(33)16(2)14-17(3)26(19(5)25(34)20(6)28(35)39-24)40-29-27(38-21(7)32)22(31(9)10)15-18(4)37-29/h12-13,16-20,22,24,26-27,29,36H,11,14-15H2,1-10H3/b13-12+/t16-,17+,18-,19+,20-,22+,24-,26+,27-,29+,30+/m1/s1. The molecule has 2 aliphatic rings. The molecule has 2 heterocycles. The number of ether oxygens (including phenoxy) is 4. The molecule has 0 aromatic carbocycles. The lowest BCUT2D eigenvalue weighted by Crippen LogP contribution is -2.57. The third kappa shape index (κ3) is 8.44. The Labute approximate surface area is 238 Å². The van der Waals surface area contributed by atoms with Crippen molar-refractivity contribution in [3.05, 3.63) is 12.2 Å². The van der Waals surface area contributed by atoms with Gasteiger partial charge in [-0.05, 0) is 72.2 Å². The van der Waals surface area contributed by atoms with Gasteiger partial charge >= 0.3 is 11.9 Å². The summed E-state index contributed by atoms with van der Waals surface area (Å²) in [5.74, 6) is -4.49. The number of allylic oxidation sites excluding steroid dienone is 1. The molecular weight excluding hydrogens is 518 g/mol. The number of hydrogen-bond donors (Lipinski definition) is 1. The smallest absolute Gasteiger partial charge is 0.316 e. The van der Waals surface area contributed by atoms with Gasteiger partial charge in [0.25, 0.3) is 0 Å². The van der Waals surface area contributed by atoms with Crippen molar-refractivity contribution in [1.82, 2.24) is 4.90 Å². The van der Waals surface area contributed by atoms with Crippen molar-refractivity contribution in [2.45, 2.75) is 117 Å². The summed E-state index contributed by atoms with van der Waals surface area (Å²) in [4.78, 5) is 53.7. The van der Waals surface area contributed by atoms with Gasteiger partial charge in [-0.15, -0.1) is 0 Å². The maximum absolute atomic E-state index is 13.7. The molecule has 11 atom stereocenters. The van der Waals surface area contributed by atoms with Crippen LogP contribution in [0.1, 0.15) is 74.7 Å². The van der Waals surface area contributed by atoms with E-state index in [1.807, 2.05) is 32.8 Å². The van der Waals surface area contributed by atoms with E-state index in [1.165, 1.54) is 32.9 Å². The van der Waals surface area contributed by atoms with E-state index in [4.69, 9.17) is 18.9 Å². The van der Waals surface area contributed by atoms with Crippen LogP contribution in [0.3, 0.4) is 0 Å². The highest BCUT2D eigenvalue weighted by molar-refractivity contribution is 6.00. The average molecular weight is 568 g/mol. The monoisotopic (exact) mass is 567 g/mol.